The first kappa shape index (κ1) is 68.8. The summed E-state index contributed by atoms with van der Waals surface area (Å²) in [5.41, 5.74) is 5.23. The SMILES string of the molecule is Cc1cc(Cl)sc1-c1ccc(-c2ccc(-c3ccc(-c4sc(Cl)cc4C)s3)s2)s1.Cc1cc[c-]s1.Cc1ccc(-c2cc(C)c(-c3ccc(-c4ccc(-c5ccc(-c6sc(-c7ccc(C)s7)cc6C)s5)s4)s3)s2)s1.Cc1ccc(Br)s1.[Br-].[H-].[H-].[Mg+2].[Mg+2]. The summed E-state index contributed by atoms with van der Waals surface area (Å²) in [6.45, 7) is 17.3. The van der Waals surface area contributed by atoms with E-state index in [1.807, 2.05) is 138 Å². The molecule has 0 amide bonds. The number of aryl methyl sites for hydroxylation is 8. The normalized spacial score (nSPS) is 10.8. The first-order chi connectivity index (χ1) is 39.1. The van der Waals surface area contributed by atoms with Gasteiger partial charge in [-0.1, -0.05) is 30.1 Å². The largest absolute Gasteiger partial charge is 2.00 e. The second-order valence-corrected chi connectivity index (χ2v) is 37.0. The number of halogens is 4. The van der Waals surface area contributed by atoms with E-state index in [-0.39, 0.29) is 65.9 Å². The molecule has 0 N–H and O–H groups in total. The summed E-state index contributed by atoms with van der Waals surface area (Å²) in [4.78, 5) is 32.2. The maximum Gasteiger partial charge on any atom is 2.00 e. The van der Waals surface area contributed by atoms with Crippen molar-refractivity contribution in [2.75, 3.05) is 0 Å². The van der Waals surface area contributed by atoms with Crippen LogP contribution in [0, 0.1) is 60.8 Å². The van der Waals surface area contributed by atoms with E-state index in [0.29, 0.717) is 0 Å². The average molecular weight is 1550 g/mol. The van der Waals surface area contributed by atoms with Gasteiger partial charge in [0.15, 0.2) is 0 Å². The Morgan fingerprint density at radius 3 is 0.798 bits per heavy atom. The van der Waals surface area contributed by atoms with Crippen molar-refractivity contribution in [1.82, 2.24) is 0 Å². The molecule has 14 aromatic heterocycles. The molecule has 0 radical (unpaired) electrons. The molecule has 14 aromatic rings. The summed E-state index contributed by atoms with van der Waals surface area (Å²) in [6, 6.07) is 53.0. The smallest absolute Gasteiger partial charge is 1.00 e. The third kappa shape index (κ3) is 16.9. The van der Waals surface area contributed by atoms with Gasteiger partial charge in [-0.2, -0.15) is 10.9 Å². The van der Waals surface area contributed by atoms with E-state index >= 15 is 0 Å². The van der Waals surface area contributed by atoms with Gasteiger partial charge in [0.1, 0.15) is 0 Å². The summed E-state index contributed by atoms with van der Waals surface area (Å²) < 4.78 is 2.91. The fourth-order valence-corrected chi connectivity index (χ4v) is 24.4. The standard InChI is InChI=1S/C32H24S7.C22H14Cl2S5.C5H5BrS.C5H5S.BrH.2Mg.2H/c1-17-15-29(25-7-5-19(3)33-25)38-31(17)27-13-11-23(36-27)21-9-10-22(35-21)24-12-14-28(37-24)32-18(2)16-30(39-32)26-8-6-20(4)34-26;1-11-9-19(23)28-21(11)17-7-5-15(26-17)13-3-4-14(25-13)16-6-8-18(27-16)22-12(2)10-20(24)29-22;1-4-2-3-5(6)7-4;1-5-3-2-4-6-5;;;;;/h5-16H,1-4H3;3-10H,1-2H3;2-3H,1H3;2-3H,1H3;1H;;;;/q;;;-1;;2*+2;2*-1/p-1. The van der Waals surface area contributed by atoms with Gasteiger partial charge in [-0.05, 0) is 220 Å². The number of rotatable bonds is 10. The molecule has 0 atom stereocenters. The Bertz CT molecular complexity index is 4130. The van der Waals surface area contributed by atoms with Crippen molar-refractivity contribution < 1.29 is 19.8 Å². The molecule has 84 heavy (non-hydrogen) atoms. The molecule has 0 aliphatic rings. The summed E-state index contributed by atoms with van der Waals surface area (Å²) in [5.74, 6) is 0. The molecule has 0 unspecified atom stereocenters. The zero-order valence-corrected chi connectivity index (χ0v) is 65.4. The molecule has 0 bridgehead atoms. The van der Waals surface area contributed by atoms with Crippen molar-refractivity contribution in [3.8, 4) is 97.5 Å². The van der Waals surface area contributed by atoms with E-state index < -0.39 is 0 Å². The molecule has 14 rings (SSSR count). The van der Waals surface area contributed by atoms with Crippen LogP contribution in [0.4, 0.5) is 0 Å². The van der Waals surface area contributed by atoms with Crippen molar-refractivity contribution in [1.29, 1.82) is 0 Å². The first-order valence-electron chi connectivity index (χ1n) is 25.2. The van der Waals surface area contributed by atoms with Crippen LogP contribution in [0.5, 0.6) is 0 Å². The molecule has 0 aliphatic heterocycles. The van der Waals surface area contributed by atoms with E-state index in [4.69, 9.17) is 23.2 Å². The number of hydrogen-bond donors (Lipinski definition) is 0. The number of thiophene rings is 14. The predicted octanol–water partition coefficient (Wildman–Crippen LogP) is 25.1. The van der Waals surface area contributed by atoms with Crippen LogP contribution in [-0.4, -0.2) is 46.1 Å². The topological polar surface area (TPSA) is 0 Å². The number of hydrogen-bond acceptors (Lipinski definition) is 14. The molecule has 0 fully saturated rings. The second kappa shape index (κ2) is 31.3. The van der Waals surface area contributed by atoms with Gasteiger partial charge in [-0.15, -0.1) is 153 Å². The molecule has 0 aliphatic carbocycles. The van der Waals surface area contributed by atoms with Crippen molar-refractivity contribution in [2.24, 2.45) is 0 Å². The van der Waals surface area contributed by atoms with Crippen molar-refractivity contribution >= 4 is 244 Å². The molecule has 14 heterocycles. The Morgan fingerprint density at radius 2 is 0.571 bits per heavy atom. The van der Waals surface area contributed by atoms with Crippen molar-refractivity contribution in [3.05, 3.63) is 205 Å². The Kier molecular flexibility index (Phi) is 25.6. The molecule has 0 saturated carbocycles. The zero-order chi connectivity index (χ0) is 56.5. The zero-order valence-electron chi connectivity index (χ0n) is 48.5. The van der Waals surface area contributed by atoms with Gasteiger partial charge >= 0.3 is 46.1 Å². The minimum atomic E-state index is 0. The molecular formula is C64H50Br2Cl2Mg2S14. The van der Waals surface area contributed by atoms with Crippen molar-refractivity contribution in [2.45, 2.75) is 55.4 Å². The molecular weight excluding hydrogens is 1500 g/mol. The van der Waals surface area contributed by atoms with Gasteiger partial charge in [0.05, 0.1) is 12.5 Å². The summed E-state index contributed by atoms with van der Waals surface area (Å²) in [7, 11) is 0. The maximum absolute atomic E-state index is 6.19. The van der Waals surface area contributed by atoms with Crippen LogP contribution in [0.25, 0.3) is 97.5 Å². The van der Waals surface area contributed by atoms with Crippen LogP contribution in [0.15, 0.2) is 149 Å². The van der Waals surface area contributed by atoms with E-state index in [1.165, 1.54) is 143 Å². The fourth-order valence-electron chi connectivity index (χ4n) is 8.50. The van der Waals surface area contributed by atoms with Gasteiger partial charge < -0.3 is 31.2 Å². The van der Waals surface area contributed by atoms with E-state index in [2.05, 4.69) is 198 Å². The van der Waals surface area contributed by atoms with Crippen LogP contribution in [0.1, 0.15) is 44.6 Å². The van der Waals surface area contributed by atoms with Crippen molar-refractivity contribution in [3.63, 3.8) is 0 Å². The summed E-state index contributed by atoms with van der Waals surface area (Å²) in [5, 5.41) is 2.97. The third-order valence-corrected chi connectivity index (χ3v) is 30.3. The van der Waals surface area contributed by atoms with E-state index in [1.54, 1.807) is 45.3 Å². The molecule has 0 saturated heterocycles. The quantitative estimate of drug-likeness (QED) is 0.0946. The Hall–Kier alpha value is -1.13. The summed E-state index contributed by atoms with van der Waals surface area (Å²) >= 11 is 41.3. The van der Waals surface area contributed by atoms with Gasteiger partial charge in [0.25, 0.3) is 0 Å². The van der Waals surface area contributed by atoms with Gasteiger partial charge in [0, 0.05) is 112 Å². The maximum atomic E-state index is 6.19. The Balaban J connectivity index is 0.000000221. The van der Waals surface area contributed by atoms with Crippen LogP contribution in [-0.2, 0) is 0 Å². The molecule has 0 nitrogen and oxygen atoms in total. The third-order valence-electron chi connectivity index (χ3n) is 12.4. The van der Waals surface area contributed by atoms with Crippen LogP contribution >= 0.6 is 198 Å². The Morgan fingerprint density at radius 1 is 0.298 bits per heavy atom. The minimum absolute atomic E-state index is 0. The Labute approximate surface area is 613 Å². The first-order valence-corrected chi connectivity index (χ1v) is 38.2. The van der Waals surface area contributed by atoms with E-state index in [9.17, 15) is 0 Å². The summed E-state index contributed by atoms with van der Waals surface area (Å²) in [6.07, 6.45) is 0. The predicted molar refractivity (Wildman–Crippen MR) is 399 cm³/mol. The average Bonchev–Trinajstić information content (AvgIpc) is 4.10. The molecule has 422 valence electrons. The minimum Gasteiger partial charge on any atom is -1.00 e. The molecule has 0 spiro atoms. The monoisotopic (exact) mass is 1540 g/mol. The van der Waals surface area contributed by atoms with E-state index in [0.717, 1.165) is 8.67 Å². The molecule has 20 heteroatoms. The van der Waals surface area contributed by atoms with Crippen LogP contribution in [0.2, 0.25) is 8.67 Å². The fraction of sp³-hybridized carbons (Fsp3) is 0.125. The van der Waals surface area contributed by atoms with Crippen LogP contribution in [0.3, 0.4) is 0 Å². The van der Waals surface area contributed by atoms with Crippen LogP contribution < -0.4 is 17.0 Å². The molecule has 0 aromatic carbocycles. The second-order valence-electron chi connectivity index (χ2n) is 18.7. The van der Waals surface area contributed by atoms with Gasteiger partial charge in [-0.25, -0.2) is 6.07 Å². The van der Waals surface area contributed by atoms with Gasteiger partial charge in [0.2, 0.25) is 0 Å². The van der Waals surface area contributed by atoms with Gasteiger partial charge in [-0.3, -0.25) is 0 Å².